The molecule has 0 aromatic rings. The van der Waals surface area contributed by atoms with Crippen molar-refractivity contribution in [1.29, 1.82) is 0 Å². The van der Waals surface area contributed by atoms with Gasteiger partial charge >= 0.3 is 6.09 Å². The lowest BCUT2D eigenvalue weighted by atomic mass is 9.81. The first-order valence-corrected chi connectivity index (χ1v) is 7.17. The minimum absolute atomic E-state index is 0.0190. The van der Waals surface area contributed by atoms with Gasteiger partial charge in [-0.2, -0.15) is 0 Å². The number of rotatable bonds is 6. The number of hydrogen-bond donors (Lipinski definition) is 3. The molecular formula is C12H22N2O3S. The van der Waals surface area contributed by atoms with Crippen molar-refractivity contribution >= 4 is 22.9 Å². The second kappa shape index (κ2) is 6.43. The van der Waals surface area contributed by atoms with Crippen LogP contribution in [0.3, 0.4) is 0 Å². The summed E-state index contributed by atoms with van der Waals surface area (Å²) in [5.74, 6) is 0.635. The van der Waals surface area contributed by atoms with Gasteiger partial charge in [0.15, 0.2) is 0 Å². The van der Waals surface area contributed by atoms with Gasteiger partial charge in [0, 0.05) is 11.7 Å². The predicted octanol–water partition coefficient (Wildman–Crippen LogP) is 2.16. The topological polar surface area (TPSA) is 81.9 Å². The number of hydrogen-bond acceptors (Lipinski definition) is 4. The van der Waals surface area contributed by atoms with Gasteiger partial charge < -0.3 is 10.2 Å². The average molecular weight is 274 g/mol. The number of carboxylic acid groups (broad SMARTS) is 1. The first-order chi connectivity index (χ1) is 8.38. The highest BCUT2D eigenvalue weighted by Gasteiger charge is 2.29. The molecule has 1 heterocycles. The van der Waals surface area contributed by atoms with Gasteiger partial charge in [-0.15, -0.1) is 11.8 Å². The lowest BCUT2D eigenvalue weighted by Gasteiger charge is -2.27. The Morgan fingerprint density at radius 1 is 1.67 bits per heavy atom. The van der Waals surface area contributed by atoms with E-state index in [2.05, 4.69) is 31.1 Å². The van der Waals surface area contributed by atoms with E-state index >= 15 is 0 Å². The quantitative estimate of drug-likeness (QED) is 0.693. The standard InChI is InChI=1S/C12H22N2O3S/c1-4-12(2,3)5-8(6-15)10-13-9(7-18-10)14-11(16)17/h8-9,14-15H,4-7H2,1-3H3,(H,16,17)/t8-,9?/m0/s1. The highest BCUT2D eigenvalue weighted by molar-refractivity contribution is 8.14. The van der Waals surface area contributed by atoms with Gasteiger partial charge in [-0.3, -0.25) is 10.3 Å². The minimum Gasteiger partial charge on any atom is -0.465 e. The molecule has 0 spiro atoms. The molecule has 0 aromatic heterocycles. The molecule has 3 N–H and O–H groups in total. The molecule has 0 bridgehead atoms. The van der Waals surface area contributed by atoms with Gasteiger partial charge in [-0.25, -0.2) is 4.79 Å². The summed E-state index contributed by atoms with van der Waals surface area (Å²) in [5.41, 5.74) is 0.161. The smallest absolute Gasteiger partial charge is 0.406 e. The summed E-state index contributed by atoms with van der Waals surface area (Å²) in [4.78, 5) is 14.9. The molecule has 104 valence electrons. The first kappa shape index (κ1) is 15.3. The van der Waals surface area contributed by atoms with E-state index in [0.29, 0.717) is 5.75 Å². The van der Waals surface area contributed by atoms with Gasteiger partial charge in [0.2, 0.25) is 0 Å². The van der Waals surface area contributed by atoms with Crippen molar-refractivity contribution in [2.24, 2.45) is 16.3 Å². The molecule has 0 saturated carbocycles. The van der Waals surface area contributed by atoms with Gasteiger partial charge in [0.1, 0.15) is 6.17 Å². The van der Waals surface area contributed by atoms with Crippen LogP contribution in [0.1, 0.15) is 33.6 Å². The second-order valence-corrected chi connectivity index (χ2v) is 6.39. The van der Waals surface area contributed by atoms with E-state index in [0.717, 1.165) is 17.9 Å². The highest BCUT2D eigenvalue weighted by Crippen LogP contribution is 2.33. The fraction of sp³-hybridized carbons (Fsp3) is 0.833. The number of aliphatic hydroxyl groups excluding tert-OH is 1. The number of nitrogens with one attached hydrogen (secondary N) is 1. The summed E-state index contributed by atoms with van der Waals surface area (Å²) in [6.45, 7) is 6.54. The van der Waals surface area contributed by atoms with E-state index in [4.69, 9.17) is 5.11 Å². The van der Waals surface area contributed by atoms with Crippen molar-refractivity contribution in [2.45, 2.75) is 39.8 Å². The third-order valence-corrected chi connectivity index (χ3v) is 4.50. The predicted molar refractivity (Wildman–Crippen MR) is 74.1 cm³/mol. The monoisotopic (exact) mass is 274 g/mol. The molecule has 1 aliphatic heterocycles. The summed E-state index contributed by atoms with van der Waals surface area (Å²) < 4.78 is 0. The Morgan fingerprint density at radius 2 is 2.33 bits per heavy atom. The molecule has 1 amide bonds. The van der Waals surface area contributed by atoms with Crippen LogP contribution >= 0.6 is 11.8 Å². The average Bonchev–Trinajstić information content (AvgIpc) is 2.73. The van der Waals surface area contributed by atoms with Crippen molar-refractivity contribution in [3.8, 4) is 0 Å². The molecule has 5 nitrogen and oxygen atoms in total. The van der Waals surface area contributed by atoms with Crippen LogP contribution in [0.2, 0.25) is 0 Å². The van der Waals surface area contributed by atoms with Crippen LogP contribution in [-0.2, 0) is 0 Å². The molecule has 0 radical (unpaired) electrons. The Hall–Kier alpha value is -0.750. The van der Waals surface area contributed by atoms with E-state index < -0.39 is 6.09 Å². The van der Waals surface area contributed by atoms with Crippen LogP contribution in [0.25, 0.3) is 0 Å². The van der Waals surface area contributed by atoms with Crippen LogP contribution in [0.15, 0.2) is 4.99 Å². The lowest BCUT2D eigenvalue weighted by Crippen LogP contribution is -2.32. The molecule has 0 saturated heterocycles. The first-order valence-electron chi connectivity index (χ1n) is 6.18. The number of aliphatic hydroxyl groups is 1. The SMILES string of the molecule is CCC(C)(C)C[C@@H](CO)C1=NC(NC(=O)O)CS1. The third kappa shape index (κ3) is 4.49. The van der Waals surface area contributed by atoms with E-state index in [-0.39, 0.29) is 24.1 Å². The summed E-state index contributed by atoms with van der Waals surface area (Å²) in [7, 11) is 0. The van der Waals surface area contributed by atoms with E-state index in [1.165, 1.54) is 0 Å². The maximum Gasteiger partial charge on any atom is 0.406 e. The third-order valence-electron chi connectivity index (χ3n) is 3.29. The Labute approximate surface area is 112 Å². The number of thioether (sulfide) groups is 1. The maximum atomic E-state index is 10.5. The van der Waals surface area contributed by atoms with E-state index in [1.54, 1.807) is 11.8 Å². The largest absolute Gasteiger partial charge is 0.465 e. The van der Waals surface area contributed by atoms with Crippen molar-refractivity contribution < 1.29 is 15.0 Å². The summed E-state index contributed by atoms with van der Waals surface area (Å²) in [6.07, 6.45) is 0.477. The molecule has 6 heteroatoms. The maximum absolute atomic E-state index is 10.5. The molecule has 0 aromatic carbocycles. The van der Waals surface area contributed by atoms with Crippen molar-refractivity contribution in [2.75, 3.05) is 12.4 Å². The van der Waals surface area contributed by atoms with Crippen molar-refractivity contribution in [3.63, 3.8) is 0 Å². The zero-order valence-corrected chi connectivity index (χ0v) is 12.0. The number of amides is 1. The number of carbonyl (C=O) groups is 1. The second-order valence-electron chi connectivity index (χ2n) is 5.35. The van der Waals surface area contributed by atoms with Crippen LogP contribution in [0, 0.1) is 11.3 Å². The van der Waals surface area contributed by atoms with Gasteiger partial charge in [0.05, 0.1) is 11.7 Å². The Kier molecular flexibility index (Phi) is 5.47. The Bertz CT molecular complexity index is 331. The van der Waals surface area contributed by atoms with Gasteiger partial charge in [0.25, 0.3) is 0 Å². The Morgan fingerprint density at radius 3 is 2.83 bits per heavy atom. The van der Waals surface area contributed by atoms with Crippen LogP contribution in [0.5, 0.6) is 0 Å². The van der Waals surface area contributed by atoms with Crippen molar-refractivity contribution in [3.05, 3.63) is 0 Å². The number of nitrogens with zero attached hydrogens (tertiary/aromatic N) is 1. The molecular weight excluding hydrogens is 252 g/mol. The molecule has 0 aliphatic carbocycles. The van der Waals surface area contributed by atoms with E-state index in [1.807, 2.05) is 0 Å². The van der Waals surface area contributed by atoms with Crippen LogP contribution in [-0.4, -0.2) is 39.9 Å². The molecule has 2 atom stereocenters. The summed E-state index contributed by atoms with van der Waals surface area (Å²) in [6, 6.07) is 0. The molecule has 1 rings (SSSR count). The molecule has 1 unspecified atom stereocenters. The summed E-state index contributed by atoms with van der Waals surface area (Å²) >= 11 is 1.54. The fourth-order valence-corrected chi connectivity index (χ4v) is 2.96. The van der Waals surface area contributed by atoms with E-state index in [9.17, 15) is 9.90 Å². The Balaban J connectivity index is 2.64. The zero-order chi connectivity index (χ0) is 13.8. The lowest BCUT2D eigenvalue weighted by molar-refractivity contribution is 0.191. The van der Waals surface area contributed by atoms with Gasteiger partial charge in [-0.05, 0) is 11.8 Å². The van der Waals surface area contributed by atoms with Crippen LogP contribution in [0.4, 0.5) is 4.79 Å². The number of aliphatic imine (C=N–C) groups is 1. The zero-order valence-electron chi connectivity index (χ0n) is 11.1. The highest BCUT2D eigenvalue weighted by atomic mass is 32.2. The minimum atomic E-state index is -1.06. The fourth-order valence-electron chi connectivity index (χ4n) is 1.87. The molecule has 0 fully saturated rings. The van der Waals surface area contributed by atoms with Crippen LogP contribution < -0.4 is 5.32 Å². The molecule has 18 heavy (non-hydrogen) atoms. The normalized spacial score (nSPS) is 21.6. The molecule has 1 aliphatic rings. The van der Waals surface area contributed by atoms with Gasteiger partial charge in [-0.1, -0.05) is 27.2 Å². The summed E-state index contributed by atoms with van der Waals surface area (Å²) in [5, 5.41) is 21.4. The van der Waals surface area contributed by atoms with Crippen molar-refractivity contribution in [1.82, 2.24) is 5.32 Å².